The lowest BCUT2D eigenvalue weighted by Crippen LogP contribution is -2.04. The Labute approximate surface area is 77.1 Å². The molecule has 0 aliphatic heterocycles. The van der Waals surface area contributed by atoms with E-state index in [-0.39, 0.29) is 0 Å². The van der Waals surface area contributed by atoms with E-state index in [9.17, 15) is 17.6 Å². The lowest BCUT2D eigenvalue weighted by Gasteiger charge is -2.08. The van der Waals surface area contributed by atoms with Crippen molar-refractivity contribution in [3.05, 3.63) is 35.4 Å². The minimum atomic E-state index is -2.87. The van der Waals surface area contributed by atoms with Crippen LogP contribution in [0.15, 0.2) is 18.2 Å². The van der Waals surface area contributed by atoms with Crippen molar-refractivity contribution in [3.8, 4) is 0 Å². The summed E-state index contributed by atoms with van der Waals surface area (Å²) in [5, 5.41) is -1.74. The molecule has 0 N–H and O–H groups in total. The van der Waals surface area contributed by atoms with Crippen LogP contribution in [0.2, 0.25) is 0 Å². The Bertz CT molecular complexity index is 300. The molecule has 1 atom stereocenters. The zero-order valence-electron chi connectivity index (χ0n) is 6.28. The van der Waals surface area contributed by atoms with Crippen LogP contribution in [-0.2, 0) is 0 Å². The fraction of sp³-hybridized carbons (Fsp3) is 0.250. The monoisotopic (exact) mass is 212 g/mol. The van der Waals surface area contributed by atoms with Crippen molar-refractivity contribution in [3.63, 3.8) is 0 Å². The van der Waals surface area contributed by atoms with Crippen molar-refractivity contribution >= 4 is 11.6 Å². The average molecular weight is 213 g/mol. The van der Waals surface area contributed by atoms with Crippen LogP contribution in [0, 0.1) is 11.6 Å². The summed E-state index contributed by atoms with van der Waals surface area (Å²) >= 11 is 5.19. The topological polar surface area (TPSA) is 0 Å². The standard InChI is InChI=1S/C8H5ClF4/c9-7(8(12)13)5-2-1-4(10)3-6(5)11/h1-3,7-8H. The summed E-state index contributed by atoms with van der Waals surface area (Å²) in [6.45, 7) is 0. The Morgan fingerprint density at radius 1 is 1.15 bits per heavy atom. The van der Waals surface area contributed by atoms with Crippen LogP contribution in [0.5, 0.6) is 0 Å². The van der Waals surface area contributed by atoms with Crippen LogP contribution in [0.1, 0.15) is 10.9 Å². The van der Waals surface area contributed by atoms with Crippen molar-refractivity contribution in [2.75, 3.05) is 0 Å². The highest BCUT2D eigenvalue weighted by Crippen LogP contribution is 2.29. The third-order valence-electron chi connectivity index (χ3n) is 1.48. The summed E-state index contributed by atoms with van der Waals surface area (Å²) in [5.74, 6) is -1.88. The second-order valence-corrected chi connectivity index (χ2v) is 2.87. The zero-order valence-corrected chi connectivity index (χ0v) is 7.03. The number of hydrogen-bond acceptors (Lipinski definition) is 0. The first-order valence-electron chi connectivity index (χ1n) is 3.39. The molecule has 0 saturated carbocycles. The molecule has 0 saturated heterocycles. The molecule has 0 fully saturated rings. The van der Waals surface area contributed by atoms with Gasteiger partial charge in [-0.3, -0.25) is 0 Å². The van der Waals surface area contributed by atoms with E-state index >= 15 is 0 Å². The summed E-state index contributed by atoms with van der Waals surface area (Å²) in [4.78, 5) is 0. The van der Waals surface area contributed by atoms with Gasteiger partial charge in [0.25, 0.3) is 6.43 Å². The van der Waals surface area contributed by atoms with E-state index in [2.05, 4.69) is 0 Å². The van der Waals surface area contributed by atoms with E-state index in [4.69, 9.17) is 11.6 Å². The number of alkyl halides is 3. The highest BCUT2D eigenvalue weighted by Gasteiger charge is 2.22. The van der Waals surface area contributed by atoms with Gasteiger partial charge < -0.3 is 0 Å². The Morgan fingerprint density at radius 2 is 1.77 bits per heavy atom. The van der Waals surface area contributed by atoms with Crippen LogP contribution in [0.25, 0.3) is 0 Å². The van der Waals surface area contributed by atoms with Gasteiger partial charge >= 0.3 is 0 Å². The molecule has 1 rings (SSSR count). The second-order valence-electron chi connectivity index (χ2n) is 2.40. The Hall–Kier alpha value is -0.770. The van der Waals surface area contributed by atoms with E-state index in [0.717, 1.165) is 12.1 Å². The van der Waals surface area contributed by atoms with Gasteiger partial charge in [-0.05, 0) is 6.07 Å². The minimum Gasteiger partial charge on any atom is -0.208 e. The van der Waals surface area contributed by atoms with Crippen molar-refractivity contribution in [1.82, 2.24) is 0 Å². The maximum Gasteiger partial charge on any atom is 0.258 e. The molecule has 13 heavy (non-hydrogen) atoms. The smallest absolute Gasteiger partial charge is 0.208 e. The van der Waals surface area contributed by atoms with E-state index in [1.54, 1.807) is 0 Å². The number of rotatable bonds is 2. The quantitative estimate of drug-likeness (QED) is 0.520. The summed E-state index contributed by atoms with van der Waals surface area (Å²) in [5.41, 5.74) is -0.391. The molecule has 72 valence electrons. The van der Waals surface area contributed by atoms with Gasteiger partial charge in [0.1, 0.15) is 17.0 Å². The summed E-state index contributed by atoms with van der Waals surface area (Å²) in [7, 11) is 0. The van der Waals surface area contributed by atoms with Crippen LogP contribution < -0.4 is 0 Å². The molecule has 0 spiro atoms. The Morgan fingerprint density at radius 3 is 2.23 bits per heavy atom. The molecule has 0 aliphatic carbocycles. The molecule has 1 aromatic rings. The van der Waals surface area contributed by atoms with Gasteiger partial charge in [0, 0.05) is 11.6 Å². The van der Waals surface area contributed by atoms with Gasteiger partial charge in [0.15, 0.2) is 0 Å². The number of halogens is 5. The minimum absolute atomic E-state index is 0.391. The molecule has 0 nitrogen and oxygen atoms in total. The first kappa shape index (κ1) is 10.3. The first-order valence-corrected chi connectivity index (χ1v) is 3.83. The van der Waals surface area contributed by atoms with E-state index in [0.29, 0.717) is 6.07 Å². The zero-order chi connectivity index (χ0) is 10.0. The molecule has 0 amide bonds. The van der Waals surface area contributed by atoms with Crippen LogP contribution in [0.4, 0.5) is 17.6 Å². The van der Waals surface area contributed by atoms with Crippen molar-refractivity contribution in [1.29, 1.82) is 0 Å². The molecule has 0 heterocycles. The third kappa shape index (κ3) is 2.34. The Balaban J connectivity index is 3.01. The number of benzene rings is 1. The maximum absolute atomic E-state index is 12.8. The molecule has 0 radical (unpaired) electrons. The molecular weight excluding hydrogens is 208 g/mol. The Kier molecular flexibility index (Phi) is 3.14. The van der Waals surface area contributed by atoms with Gasteiger partial charge in [-0.15, -0.1) is 11.6 Å². The predicted octanol–water partition coefficient (Wildman–Crippen LogP) is 3.51. The van der Waals surface area contributed by atoms with Gasteiger partial charge in [0.05, 0.1) is 0 Å². The fourth-order valence-electron chi connectivity index (χ4n) is 0.861. The highest BCUT2D eigenvalue weighted by atomic mass is 35.5. The largest absolute Gasteiger partial charge is 0.258 e. The summed E-state index contributed by atoms with van der Waals surface area (Å²) < 4.78 is 49.1. The maximum atomic E-state index is 12.8. The molecule has 1 aromatic carbocycles. The van der Waals surface area contributed by atoms with Crippen molar-refractivity contribution in [2.24, 2.45) is 0 Å². The van der Waals surface area contributed by atoms with Crippen LogP contribution >= 0.6 is 11.6 Å². The van der Waals surface area contributed by atoms with E-state index in [1.807, 2.05) is 0 Å². The molecule has 0 aromatic heterocycles. The fourth-order valence-corrected chi connectivity index (χ4v) is 1.04. The van der Waals surface area contributed by atoms with Crippen molar-refractivity contribution < 1.29 is 17.6 Å². The molecule has 1 unspecified atom stereocenters. The predicted molar refractivity (Wildman–Crippen MR) is 41.0 cm³/mol. The lowest BCUT2D eigenvalue weighted by molar-refractivity contribution is 0.141. The summed E-state index contributed by atoms with van der Waals surface area (Å²) in [6, 6.07) is 2.32. The van der Waals surface area contributed by atoms with Crippen molar-refractivity contribution in [2.45, 2.75) is 11.8 Å². The van der Waals surface area contributed by atoms with Gasteiger partial charge in [-0.2, -0.15) is 0 Å². The third-order valence-corrected chi connectivity index (χ3v) is 1.91. The average Bonchev–Trinajstić information content (AvgIpc) is 2.03. The summed E-state index contributed by atoms with van der Waals surface area (Å²) in [6.07, 6.45) is -2.87. The lowest BCUT2D eigenvalue weighted by atomic mass is 10.1. The first-order chi connectivity index (χ1) is 6.02. The van der Waals surface area contributed by atoms with E-state index < -0.39 is 29.0 Å². The van der Waals surface area contributed by atoms with Gasteiger partial charge in [-0.25, -0.2) is 17.6 Å². The highest BCUT2D eigenvalue weighted by molar-refractivity contribution is 6.21. The SMILES string of the molecule is Fc1ccc(C(Cl)C(F)F)c(F)c1. The molecule has 5 heteroatoms. The van der Waals surface area contributed by atoms with Gasteiger partial charge in [0.2, 0.25) is 0 Å². The normalized spacial score (nSPS) is 13.4. The molecule has 0 aliphatic rings. The molecular formula is C8H5ClF4. The number of hydrogen-bond donors (Lipinski definition) is 0. The van der Waals surface area contributed by atoms with Crippen LogP contribution in [-0.4, -0.2) is 6.43 Å². The second kappa shape index (κ2) is 3.96. The molecule has 0 bridgehead atoms. The van der Waals surface area contributed by atoms with Gasteiger partial charge in [-0.1, -0.05) is 6.07 Å². The van der Waals surface area contributed by atoms with Crippen LogP contribution in [0.3, 0.4) is 0 Å². The van der Waals surface area contributed by atoms with E-state index in [1.165, 1.54) is 0 Å².